The molecule has 0 saturated heterocycles. The molecule has 0 aliphatic heterocycles. The Morgan fingerprint density at radius 2 is 2.24 bits per heavy atom. The molecule has 17 heavy (non-hydrogen) atoms. The van der Waals surface area contributed by atoms with Crippen LogP contribution in [0.5, 0.6) is 0 Å². The molecule has 0 heterocycles. The van der Waals surface area contributed by atoms with Crippen LogP contribution in [-0.4, -0.2) is 24.5 Å². The quantitative estimate of drug-likeness (QED) is 0.840. The Morgan fingerprint density at radius 1 is 1.47 bits per heavy atom. The van der Waals surface area contributed by atoms with E-state index in [1.165, 1.54) is 12.1 Å². The molecule has 0 radical (unpaired) electrons. The van der Waals surface area contributed by atoms with Crippen LogP contribution in [0, 0.1) is 5.82 Å². The number of hydrogen-bond donors (Lipinski definition) is 1. The molecule has 1 aromatic carbocycles. The van der Waals surface area contributed by atoms with Crippen molar-refractivity contribution in [2.45, 2.75) is 26.3 Å². The predicted octanol–water partition coefficient (Wildman–Crippen LogP) is 2.77. The highest BCUT2D eigenvalue weighted by Gasteiger charge is 2.06. The maximum atomic E-state index is 12.9. The summed E-state index contributed by atoms with van der Waals surface area (Å²) in [5, 5.41) is 2.76. The number of benzene rings is 1. The van der Waals surface area contributed by atoms with Crippen LogP contribution < -0.4 is 5.32 Å². The number of amides is 2. The predicted molar refractivity (Wildman–Crippen MR) is 66.2 cm³/mol. The lowest BCUT2D eigenvalue weighted by atomic mass is 10.2. The van der Waals surface area contributed by atoms with Gasteiger partial charge in [-0.25, -0.2) is 9.18 Å². The molecule has 0 saturated carbocycles. The second-order valence-electron chi connectivity index (χ2n) is 4.06. The van der Waals surface area contributed by atoms with Gasteiger partial charge in [-0.3, -0.25) is 0 Å². The summed E-state index contributed by atoms with van der Waals surface area (Å²) < 4.78 is 12.9. The Labute approximate surface area is 102 Å². The zero-order valence-electron chi connectivity index (χ0n) is 10.4. The molecule has 0 bridgehead atoms. The standard InChI is InChI=1S/C13H19FN2O/c1-3-4-8-16(2)13(17)15-10-11-6-5-7-12(14)9-11/h5-7,9H,3-4,8,10H2,1-2H3,(H,15,17). The fourth-order valence-electron chi connectivity index (χ4n) is 1.46. The summed E-state index contributed by atoms with van der Waals surface area (Å²) in [6.07, 6.45) is 2.05. The Kier molecular flexibility index (Phi) is 5.46. The van der Waals surface area contributed by atoms with Gasteiger partial charge in [0.15, 0.2) is 0 Å². The second kappa shape index (κ2) is 6.89. The SMILES string of the molecule is CCCCN(C)C(=O)NCc1cccc(F)c1. The topological polar surface area (TPSA) is 32.3 Å². The van der Waals surface area contributed by atoms with E-state index in [0.29, 0.717) is 6.54 Å². The van der Waals surface area contributed by atoms with Crippen LogP contribution in [-0.2, 0) is 6.54 Å². The molecule has 3 nitrogen and oxygen atoms in total. The van der Waals surface area contributed by atoms with E-state index in [-0.39, 0.29) is 11.8 Å². The molecule has 1 aromatic rings. The molecule has 1 rings (SSSR count). The minimum Gasteiger partial charge on any atom is -0.334 e. The number of urea groups is 1. The largest absolute Gasteiger partial charge is 0.334 e. The van der Waals surface area contributed by atoms with Crippen molar-refractivity contribution in [3.05, 3.63) is 35.6 Å². The number of unbranched alkanes of at least 4 members (excludes halogenated alkanes) is 1. The number of halogens is 1. The van der Waals surface area contributed by atoms with Crippen LogP contribution in [0.2, 0.25) is 0 Å². The van der Waals surface area contributed by atoms with Crippen LogP contribution in [0.15, 0.2) is 24.3 Å². The van der Waals surface area contributed by atoms with Gasteiger partial charge in [-0.15, -0.1) is 0 Å². The number of nitrogens with one attached hydrogen (secondary N) is 1. The molecule has 0 aliphatic rings. The smallest absolute Gasteiger partial charge is 0.317 e. The summed E-state index contributed by atoms with van der Waals surface area (Å²) in [6, 6.07) is 6.11. The lowest BCUT2D eigenvalue weighted by Gasteiger charge is -2.17. The zero-order valence-corrected chi connectivity index (χ0v) is 10.4. The third-order valence-electron chi connectivity index (χ3n) is 2.53. The number of hydrogen-bond acceptors (Lipinski definition) is 1. The molecule has 0 aromatic heterocycles. The molecule has 1 N–H and O–H groups in total. The van der Waals surface area contributed by atoms with Crippen molar-refractivity contribution >= 4 is 6.03 Å². The highest BCUT2D eigenvalue weighted by atomic mass is 19.1. The fraction of sp³-hybridized carbons (Fsp3) is 0.462. The van der Waals surface area contributed by atoms with Gasteiger partial charge in [0.05, 0.1) is 0 Å². The fourth-order valence-corrected chi connectivity index (χ4v) is 1.46. The first kappa shape index (κ1) is 13.5. The molecule has 0 atom stereocenters. The molecule has 4 heteroatoms. The van der Waals surface area contributed by atoms with E-state index < -0.39 is 0 Å². The summed E-state index contributed by atoms with van der Waals surface area (Å²) in [4.78, 5) is 13.3. The van der Waals surface area contributed by atoms with Crippen LogP contribution in [0.4, 0.5) is 9.18 Å². The Hall–Kier alpha value is -1.58. The summed E-state index contributed by atoms with van der Waals surface area (Å²) in [5.74, 6) is -0.281. The number of nitrogens with zero attached hydrogens (tertiary/aromatic N) is 1. The Morgan fingerprint density at radius 3 is 2.88 bits per heavy atom. The van der Waals surface area contributed by atoms with Gasteiger partial charge in [-0.2, -0.15) is 0 Å². The molecule has 0 aliphatic carbocycles. The van der Waals surface area contributed by atoms with Crippen LogP contribution in [0.3, 0.4) is 0 Å². The van der Waals surface area contributed by atoms with Crippen molar-refractivity contribution in [2.24, 2.45) is 0 Å². The van der Waals surface area contributed by atoms with E-state index in [1.807, 2.05) is 0 Å². The van der Waals surface area contributed by atoms with Gasteiger partial charge in [0, 0.05) is 20.1 Å². The third-order valence-corrected chi connectivity index (χ3v) is 2.53. The number of carbonyl (C=O) groups excluding carboxylic acids is 1. The number of carbonyl (C=O) groups is 1. The maximum absolute atomic E-state index is 12.9. The third kappa shape index (κ3) is 4.85. The highest BCUT2D eigenvalue weighted by molar-refractivity contribution is 5.73. The number of rotatable bonds is 5. The zero-order chi connectivity index (χ0) is 12.7. The second-order valence-corrected chi connectivity index (χ2v) is 4.06. The minimum absolute atomic E-state index is 0.122. The van der Waals surface area contributed by atoms with Crippen molar-refractivity contribution in [3.63, 3.8) is 0 Å². The lowest BCUT2D eigenvalue weighted by molar-refractivity contribution is 0.207. The van der Waals surface area contributed by atoms with E-state index >= 15 is 0 Å². The lowest BCUT2D eigenvalue weighted by Crippen LogP contribution is -2.37. The monoisotopic (exact) mass is 238 g/mol. The van der Waals surface area contributed by atoms with Crippen LogP contribution >= 0.6 is 0 Å². The van der Waals surface area contributed by atoms with Crippen molar-refractivity contribution in [2.75, 3.05) is 13.6 Å². The molecular weight excluding hydrogens is 219 g/mol. The van der Waals surface area contributed by atoms with Crippen molar-refractivity contribution in [1.29, 1.82) is 0 Å². The Bertz CT molecular complexity index is 368. The maximum Gasteiger partial charge on any atom is 0.317 e. The Balaban J connectivity index is 2.37. The van der Waals surface area contributed by atoms with Crippen LogP contribution in [0.25, 0.3) is 0 Å². The normalized spacial score (nSPS) is 10.1. The molecular formula is C13H19FN2O. The van der Waals surface area contributed by atoms with E-state index in [1.54, 1.807) is 24.1 Å². The first-order valence-electron chi connectivity index (χ1n) is 5.87. The van der Waals surface area contributed by atoms with Gasteiger partial charge in [-0.1, -0.05) is 25.5 Å². The first-order chi connectivity index (χ1) is 8.13. The van der Waals surface area contributed by atoms with Gasteiger partial charge < -0.3 is 10.2 Å². The molecule has 0 spiro atoms. The summed E-state index contributed by atoms with van der Waals surface area (Å²) in [7, 11) is 1.76. The first-order valence-corrected chi connectivity index (χ1v) is 5.87. The van der Waals surface area contributed by atoms with Crippen molar-refractivity contribution in [3.8, 4) is 0 Å². The molecule has 0 fully saturated rings. The molecule has 0 unspecified atom stereocenters. The van der Waals surface area contributed by atoms with Crippen molar-refractivity contribution < 1.29 is 9.18 Å². The van der Waals surface area contributed by atoms with Gasteiger partial charge in [0.2, 0.25) is 0 Å². The van der Waals surface area contributed by atoms with E-state index in [0.717, 1.165) is 24.9 Å². The van der Waals surface area contributed by atoms with Gasteiger partial charge in [0.1, 0.15) is 5.82 Å². The summed E-state index contributed by atoms with van der Waals surface area (Å²) in [5.41, 5.74) is 0.766. The highest BCUT2D eigenvalue weighted by Crippen LogP contribution is 2.03. The van der Waals surface area contributed by atoms with Gasteiger partial charge in [0.25, 0.3) is 0 Å². The van der Waals surface area contributed by atoms with Gasteiger partial charge >= 0.3 is 6.03 Å². The van der Waals surface area contributed by atoms with E-state index in [2.05, 4.69) is 12.2 Å². The van der Waals surface area contributed by atoms with Crippen LogP contribution in [0.1, 0.15) is 25.3 Å². The summed E-state index contributed by atoms with van der Waals surface area (Å²) >= 11 is 0. The average molecular weight is 238 g/mol. The molecule has 2 amide bonds. The summed E-state index contributed by atoms with van der Waals surface area (Å²) in [6.45, 7) is 3.18. The van der Waals surface area contributed by atoms with E-state index in [9.17, 15) is 9.18 Å². The van der Waals surface area contributed by atoms with E-state index in [4.69, 9.17) is 0 Å². The average Bonchev–Trinajstić information content (AvgIpc) is 2.33. The minimum atomic E-state index is -0.281. The molecule has 94 valence electrons. The van der Waals surface area contributed by atoms with Crippen molar-refractivity contribution in [1.82, 2.24) is 10.2 Å². The van der Waals surface area contributed by atoms with Gasteiger partial charge in [-0.05, 0) is 24.1 Å².